The highest BCUT2D eigenvalue weighted by Gasteiger charge is 2.43. The fraction of sp³-hybridized carbons (Fsp3) is 0.0556. The van der Waals surface area contributed by atoms with Crippen molar-refractivity contribution in [1.29, 1.82) is 0 Å². The van der Waals surface area contributed by atoms with E-state index in [1.807, 2.05) is 22.7 Å². The molecular formula is C108H76BN3S2. The smallest absolute Gasteiger partial charge is 0.252 e. The Morgan fingerprint density at radius 1 is 0.228 bits per heavy atom. The number of nitrogens with zero attached hydrogens (tertiary/aromatic N) is 3. The van der Waals surface area contributed by atoms with Crippen LogP contribution in [0.1, 0.15) is 16.7 Å². The van der Waals surface area contributed by atoms with Crippen LogP contribution in [0.4, 0.5) is 22.7 Å². The highest BCUT2D eigenvalue weighted by Crippen LogP contribution is 2.49. The van der Waals surface area contributed by atoms with E-state index in [4.69, 9.17) is 0 Å². The number of anilines is 4. The summed E-state index contributed by atoms with van der Waals surface area (Å²) in [7, 11) is 0. The number of rotatable bonds is 17. The molecule has 0 bridgehead atoms. The van der Waals surface area contributed by atoms with E-state index in [1.165, 1.54) is 207 Å². The molecule has 0 amide bonds. The zero-order chi connectivity index (χ0) is 75.2. The van der Waals surface area contributed by atoms with Gasteiger partial charge in [-0.2, -0.15) is 0 Å². The summed E-state index contributed by atoms with van der Waals surface area (Å²) in [5.74, 6) is 0. The SMILES string of the molecule is c1ccc(-c2cccc(-c3ccccc3)c2CCN2c3cc(-c4cc(-c5ccccc5)c5sc6ccccc6c5c4)ccc3B3c4ccc(-c5cc(-c6ccccc6)c6sc7ccccc7c6c5)cc4N(CCc4c(-c5ccccc5)cccc4-c4ccccc4)c4cc(CCn5c6ccccc6c6ccccc65)cc2c43)cc1. The minimum absolute atomic E-state index is 0.138. The molecule has 0 unspecified atom stereocenters. The van der Waals surface area contributed by atoms with Gasteiger partial charge in [-0.3, -0.25) is 0 Å². The molecule has 6 heteroatoms. The zero-order valence-electron chi connectivity index (χ0n) is 62.9. The van der Waals surface area contributed by atoms with Crippen LogP contribution in [0.3, 0.4) is 0 Å². The van der Waals surface area contributed by atoms with Crippen LogP contribution >= 0.6 is 22.7 Å². The monoisotopic (exact) mass is 1490 g/mol. The predicted octanol–water partition coefficient (Wildman–Crippen LogP) is 27.0. The van der Waals surface area contributed by atoms with Crippen molar-refractivity contribution in [3.8, 4) is 89.0 Å². The molecular weight excluding hydrogens is 1410 g/mol. The van der Waals surface area contributed by atoms with E-state index in [1.54, 1.807) is 0 Å². The van der Waals surface area contributed by atoms with Crippen molar-refractivity contribution in [2.75, 3.05) is 22.9 Å². The number of benzene rings is 17. The van der Waals surface area contributed by atoms with Gasteiger partial charge in [0.05, 0.1) is 0 Å². The highest BCUT2D eigenvalue weighted by molar-refractivity contribution is 7.26. The number of thiophene rings is 2. The Morgan fingerprint density at radius 2 is 0.570 bits per heavy atom. The van der Waals surface area contributed by atoms with Crippen molar-refractivity contribution < 1.29 is 0 Å². The number of aromatic nitrogens is 1. The van der Waals surface area contributed by atoms with E-state index >= 15 is 0 Å². The molecule has 0 N–H and O–H groups in total. The molecule has 0 atom stereocenters. The van der Waals surface area contributed by atoms with Crippen molar-refractivity contribution in [3.05, 3.63) is 405 Å². The molecule has 0 radical (unpaired) electrons. The fourth-order valence-electron chi connectivity index (χ4n) is 19.0. The van der Waals surface area contributed by atoms with Gasteiger partial charge in [0.1, 0.15) is 0 Å². The third-order valence-corrected chi connectivity index (χ3v) is 26.7. The zero-order valence-corrected chi connectivity index (χ0v) is 64.6. The quantitative estimate of drug-likeness (QED) is 0.0842. The molecule has 114 heavy (non-hydrogen) atoms. The second-order valence-electron chi connectivity index (χ2n) is 30.6. The standard InChI is InChI=1S/C108H76BN3S2/c1-7-29-72(30-8-1)82-45-27-46-83(73-31-9-2-10-32-73)86(82)58-61-111-100-69-78(80-65-92(76-37-15-5-16-38-76)107-94(67-80)90-43-21-25-51-104(90)113-107)53-55-96(100)109-97-56-54-79(81-66-93(77-39-17-6-18-40-77)108-95(68-81)91-44-22-26-52-105(91)114-108)70-101(97)112(62-59-87-84(74-33-11-3-12-34-74)47-28-48-85(87)75-35-13-4-14-36-75)103-64-71(63-102(111)106(103)109)57-60-110-98-49-23-19-41-88(98)89-42-20-24-50-99(89)110/h1-56,63-70H,57-62H2. The van der Waals surface area contributed by atoms with Gasteiger partial charge in [-0.25, -0.2) is 0 Å². The lowest BCUT2D eigenvalue weighted by Gasteiger charge is -2.45. The summed E-state index contributed by atoms with van der Waals surface area (Å²) in [6.07, 6.45) is 2.34. The van der Waals surface area contributed by atoms with Crippen LogP contribution in [0.15, 0.2) is 388 Å². The average Bonchev–Trinajstić information content (AvgIpc) is 0.893. The summed E-state index contributed by atoms with van der Waals surface area (Å²) in [5, 5.41) is 7.73. The summed E-state index contributed by atoms with van der Waals surface area (Å²) in [6.45, 7) is 2.07. The maximum absolute atomic E-state index is 2.78. The predicted molar refractivity (Wildman–Crippen MR) is 491 cm³/mol. The highest BCUT2D eigenvalue weighted by atomic mass is 32.1. The van der Waals surface area contributed by atoms with Gasteiger partial charge in [0.25, 0.3) is 6.71 Å². The summed E-state index contributed by atoms with van der Waals surface area (Å²) >= 11 is 3.81. The summed E-state index contributed by atoms with van der Waals surface area (Å²) in [5.41, 5.74) is 35.1. The summed E-state index contributed by atoms with van der Waals surface area (Å²) in [6, 6.07) is 147. The molecule has 0 spiro atoms. The lowest BCUT2D eigenvalue weighted by molar-refractivity contribution is 0.744. The summed E-state index contributed by atoms with van der Waals surface area (Å²) < 4.78 is 7.81. The van der Waals surface area contributed by atoms with Crippen LogP contribution in [-0.4, -0.2) is 24.4 Å². The van der Waals surface area contributed by atoms with Crippen LogP contribution in [0.25, 0.3) is 151 Å². The maximum Gasteiger partial charge on any atom is 0.252 e. The molecule has 20 aromatic rings. The van der Waals surface area contributed by atoms with Crippen LogP contribution in [-0.2, 0) is 25.8 Å². The normalized spacial score (nSPS) is 12.4. The Balaban J connectivity index is 0.807. The lowest BCUT2D eigenvalue weighted by atomic mass is 9.33. The van der Waals surface area contributed by atoms with E-state index in [2.05, 4.69) is 403 Å². The van der Waals surface area contributed by atoms with Gasteiger partial charge >= 0.3 is 0 Å². The fourth-order valence-corrected chi connectivity index (χ4v) is 21.5. The van der Waals surface area contributed by atoms with Gasteiger partial charge in [0.2, 0.25) is 0 Å². The molecule has 0 saturated heterocycles. The summed E-state index contributed by atoms with van der Waals surface area (Å²) in [4.78, 5) is 5.57. The number of fused-ring (bicyclic) bond motifs is 13. The van der Waals surface area contributed by atoms with Crippen molar-refractivity contribution in [2.24, 2.45) is 0 Å². The van der Waals surface area contributed by atoms with Gasteiger partial charge in [-0.1, -0.05) is 315 Å². The van der Waals surface area contributed by atoms with Crippen molar-refractivity contribution in [2.45, 2.75) is 25.8 Å². The minimum atomic E-state index is -0.138. The van der Waals surface area contributed by atoms with Crippen LogP contribution in [0.2, 0.25) is 0 Å². The molecule has 0 fully saturated rings. The van der Waals surface area contributed by atoms with Crippen LogP contribution in [0, 0.1) is 0 Å². The molecule has 538 valence electrons. The lowest BCUT2D eigenvalue weighted by Crippen LogP contribution is -2.62. The first kappa shape index (κ1) is 67.5. The molecule has 5 heterocycles. The van der Waals surface area contributed by atoms with Crippen LogP contribution < -0.4 is 26.2 Å². The van der Waals surface area contributed by atoms with E-state index in [0.29, 0.717) is 13.1 Å². The van der Waals surface area contributed by atoms with Crippen LogP contribution in [0.5, 0.6) is 0 Å². The third-order valence-electron chi connectivity index (χ3n) is 24.3. The third kappa shape index (κ3) is 11.7. The van der Waals surface area contributed by atoms with Gasteiger partial charge in [0, 0.05) is 116 Å². The molecule has 2 aliphatic rings. The second-order valence-corrected chi connectivity index (χ2v) is 32.7. The van der Waals surface area contributed by atoms with Crippen molar-refractivity contribution in [3.63, 3.8) is 0 Å². The topological polar surface area (TPSA) is 11.4 Å². The number of hydrogen-bond acceptors (Lipinski definition) is 4. The Hall–Kier alpha value is -13.4. The van der Waals surface area contributed by atoms with E-state index in [0.717, 1.165) is 25.8 Å². The molecule has 3 aromatic heterocycles. The first-order valence-electron chi connectivity index (χ1n) is 40.0. The molecule has 2 aliphatic heterocycles. The van der Waals surface area contributed by atoms with E-state index < -0.39 is 0 Å². The van der Waals surface area contributed by atoms with Gasteiger partial charge in [0.15, 0.2) is 0 Å². The van der Waals surface area contributed by atoms with Gasteiger partial charge in [-0.15, -0.1) is 22.7 Å². The van der Waals surface area contributed by atoms with Crippen molar-refractivity contribution >= 4 is 131 Å². The molecule has 17 aromatic carbocycles. The number of hydrogen-bond donors (Lipinski definition) is 0. The van der Waals surface area contributed by atoms with Gasteiger partial charge < -0.3 is 14.4 Å². The number of para-hydroxylation sites is 2. The van der Waals surface area contributed by atoms with E-state index in [-0.39, 0.29) is 6.71 Å². The average molecular weight is 1490 g/mol. The second kappa shape index (κ2) is 28.4. The Labute approximate surface area is 672 Å². The van der Waals surface area contributed by atoms with Crippen molar-refractivity contribution in [1.82, 2.24) is 4.57 Å². The Bertz CT molecular complexity index is 6580. The molecule has 22 rings (SSSR count). The minimum Gasteiger partial charge on any atom is -0.342 e. The van der Waals surface area contributed by atoms with Gasteiger partial charge in [-0.05, 0) is 203 Å². The number of aryl methyl sites for hydroxylation is 2. The Kier molecular flexibility index (Phi) is 16.8. The first-order valence-corrected chi connectivity index (χ1v) is 41.6. The molecule has 0 aliphatic carbocycles. The molecule has 0 saturated carbocycles. The van der Waals surface area contributed by atoms with E-state index in [9.17, 15) is 0 Å². The Morgan fingerprint density at radius 3 is 0.956 bits per heavy atom. The maximum atomic E-state index is 2.78. The largest absolute Gasteiger partial charge is 0.342 e. The first-order chi connectivity index (χ1) is 56.5. The molecule has 3 nitrogen and oxygen atoms in total.